The quantitative estimate of drug-likeness (QED) is 0.613. The number of aryl methyl sites for hydroxylation is 3. The Bertz CT molecular complexity index is 746. The van der Waals surface area contributed by atoms with E-state index in [-0.39, 0.29) is 0 Å². The first kappa shape index (κ1) is 19.7. The minimum Gasteiger partial charge on any atom is -0.479 e. The van der Waals surface area contributed by atoms with Crippen LogP contribution in [0.15, 0.2) is 41.3 Å². The van der Waals surface area contributed by atoms with E-state index in [1.54, 1.807) is 23.9 Å². The Morgan fingerprint density at radius 3 is 2.68 bits per heavy atom. The summed E-state index contributed by atoms with van der Waals surface area (Å²) in [6, 6.07) is 11.6. The zero-order valence-corrected chi connectivity index (χ0v) is 16.3. The van der Waals surface area contributed by atoms with E-state index >= 15 is 0 Å². The normalized spacial score (nSPS) is 12.0. The summed E-state index contributed by atoms with van der Waals surface area (Å²) < 4.78 is 5.69. The molecule has 2 aromatic carbocycles. The van der Waals surface area contributed by atoms with Crippen LogP contribution in [0.2, 0.25) is 5.02 Å². The molecule has 1 atom stereocenters. The Kier molecular flexibility index (Phi) is 7.21. The number of aliphatic carboxylic acids is 1. The van der Waals surface area contributed by atoms with Crippen LogP contribution in [0.25, 0.3) is 0 Å². The van der Waals surface area contributed by atoms with Crippen LogP contribution < -0.4 is 4.74 Å². The summed E-state index contributed by atoms with van der Waals surface area (Å²) >= 11 is 7.76. The molecule has 0 saturated heterocycles. The van der Waals surface area contributed by atoms with Gasteiger partial charge in [0.1, 0.15) is 5.75 Å². The van der Waals surface area contributed by atoms with Crippen molar-refractivity contribution < 1.29 is 14.6 Å². The smallest absolute Gasteiger partial charge is 0.344 e. The van der Waals surface area contributed by atoms with E-state index in [1.165, 1.54) is 16.0 Å². The van der Waals surface area contributed by atoms with E-state index < -0.39 is 12.1 Å². The van der Waals surface area contributed by atoms with Crippen molar-refractivity contribution in [3.63, 3.8) is 0 Å². The number of carbonyl (C=O) groups is 1. The first-order valence-corrected chi connectivity index (χ1v) is 9.65. The van der Waals surface area contributed by atoms with Gasteiger partial charge in [0.15, 0.2) is 6.10 Å². The molecule has 0 aliphatic carbocycles. The second-order valence-corrected chi connectivity index (χ2v) is 7.50. The lowest BCUT2D eigenvalue weighted by atomic mass is 10.1. The number of carboxylic acids is 1. The number of carboxylic acid groups (broad SMARTS) is 1. The van der Waals surface area contributed by atoms with Gasteiger partial charge in [-0.25, -0.2) is 4.79 Å². The van der Waals surface area contributed by atoms with Gasteiger partial charge in [0.05, 0.1) is 0 Å². The lowest BCUT2D eigenvalue weighted by Crippen LogP contribution is -2.27. The molecule has 0 heterocycles. The molecule has 2 rings (SSSR count). The first-order chi connectivity index (χ1) is 11.9. The largest absolute Gasteiger partial charge is 0.479 e. The number of thioether (sulfide) groups is 1. The highest BCUT2D eigenvalue weighted by Gasteiger charge is 2.20. The molecule has 0 aliphatic heterocycles. The Hall–Kier alpha value is -1.65. The molecule has 0 spiro atoms. The van der Waals surface area contributed by atoms with Crippen LogP contribution in [0, 0.1) is 13.8 Å². The van der Waals surface area contributed by atoms with Crippen molar-refractivity contribution in [3.8, 4) is 5.75 Å². The van der Waals surface area contributed by atoms with E-state index in [9.17, 15) is 9.90 Å². The molecule has 0 saturated carbocycles. The molecule has 0 aliphatic rings. The molecule has 0 aromatic heterocycles. The monoisotopic (exact) mass is 378 g/mol. The van der Waals surface area contributed by atoms with Crippen molar-refractivity contribution >= 4 is 29.3 Å². The lowest BCUT2D eigenvalue weighted by molar-refractivity contribution is -0.145. The maximum absolute atomic E-state index is 11.5. The molecular formula is C20H23ClO3S. The SMILES string of the molecule is CCc1cc(O[C@@H](CCSc2cc(C)ccc2C)C(=O)O)ccc1Cl. The van der Waals surface area contributed by atoms with Crippen LogP contribution >= 0.6 is 23.4 Å². The van der Waals surface area contributed by atoms with Gasteiger partial charge < -0.3 is 9.84 Å². The number of hydrogen-bond donors (Lipinski definition) is 1. The van der Waals surface area contributed by atoms with Crippen molar-refractivity contribution in [3.05, 3.63) is 58.1 Å². The van der Waals surface area contributed by atoms with Gasteiger partial charge in [-0.1, -0.05) is 36.2 Å². The summed E-state index contributed by atoms with van der Waals surface area (Å²) in [6.07, 6.45) is 0.330. The molecule has 5 heteroatoms. The summed E-state index contributed by atoms with van der Waals surface area (Å²) in [5.74, 6) is 0.273. The average molecular weight is 379 g/mol. The van der Waals surface area contributed by atoms with Crippen LogP contribution in [-0.4, -0.2) is 22.9 Å². The summed E-state index contributed by atoms with van der Waals surface area (Å²) in [5.41, 5.74) is 3.36. The second-order valence-electron chi connectivity index (χ2n) is 5.96. The molecule has 0 unspecified atom stereocenters. The zero-order chi connectivity index (χ0) is 18.4. The standard InChI is InChI=1S/C20H23ClO3S/c1-4-15-12-16(7-8-17(15)21)24-18(20(22)23)9-10-25-19-11-13(2)5-6-14(19)3/h5-8,11-12,18H,4,9-10H2,1-3H3,(H,22,23)/t18-/m0/s1. The molecule has 0 amide bonds. The fourth-order valence-corrected chi connectivity index (χ4v) is 3.80. The van der Waals surface area contributed by atoms with Gasteiger partial charge in [0.2, 0.25) is 0 Å². The third kappa shape index (κ3) is 5.68. The van der Waals surface area contributed by atoms with Gasteiger partial charge in [-0.3, -0.25) is 0 Å². The Labute approximate surface area is 158 Å². The number of ether oxygens (including phenoxy) is 1. The van der Waals surface area contributed by atoms with Crippen molar-refractivity contribution in [2.24, 2.45) is 0 Å². The first-order valence-electron chi connectivity index (χ1n) is 8.28. The fourth-order valence-electron chi connectivity index (χ4n) is 2.43. The highest BCUT2D eigenvalue weighted by molar-refractivity contribution is 7.99. The topological polar surface area (TPSA) is 46.5 Å². The highest BCUT2D eigenvalue weighted by Crippen LogP contribution is 2.27. The number of benzene rings is 2. The number of halogens is 1. The Morgan fingerprint density at radius 2 is 2.00 bits per heavy atom. The lowest BCUT2D eigenvalue weighted by Gasteiger charge is -2.16. The maximum atomic E-state index is 11.5. The number of hydrogen-bond acceptors (Lipinski definition) is 3. The predicted molar refractivity (Wildman–Crippen MR) is 104 cm³/mol. The van der Waals surface area contributed by atoms with Gasteiger partial charge >= 0.3 is 5.97 Å². The van der Waals surface area contributed by atoms with E-state index in [1.807, 2.05) is 13.0 Å². The minimum absolute atomic E-state index is 0.428. The van der Waals surface area contributed by atoms with E-state index in [0.717, 1.165) is 12.0 Å². The van der Waals surface area contributed by atoms with Gasteiger partial charge in [0, 0.05) is 22.1 Å². The van der Waals surface area contributed by atoms with Gasteiger partial charge in [-0.15, -0.1) is 11.8 Å². The van der Waals surface area contributed by atoms with Crippen LogP contribution in [-0.2, 0) is 11.2 Å². The van der Waals surface area contributed by atoms with Crippen LogP contribution in [0.3, 0.4) is 0 Å². The summed E-state index contributed by atoms with van der Waals surface area (Å²) in [6.45, 7) is 6.12. The predicted octanol–water partition coefficient (Wildman–Crippen LogP) is 5.53. The van der Waals surface area contributed by atoms with Crippen molar-refractivity contribution in [2.75, 3.05) is 5.75 Å². The van der Waals surface area contributed by atoms with Crippen LogP contribution in [0.5, 0.6) is 5.75 Å². The number of rotatable bonds is 8. The fraction of sp³-hybridized carbons (Fsp3) is 0.350. The van der Waals surface area contributed by atoms with Crippen molar-refractivity contribution in [1.29, 1.82) is 0 Å². The van der Waals surface area contributed by atoms with E-state index in [4.69, 9.17) is 16.3 Å². The van der Waals surface area contributed by atoms with Crippen molar-refractivity contribution in [2.45, 2.75) is 44.6 Å². The highest BCUT2D eigenvalue weighted by atomic mass is 35.5. The molecule has 1 N–H and O–H groups in total. The van der Waals surface area contributed by atoms with Crippen LogP contribution in [0.4, 0.5) is 0 Å². The maximum Gasteiger partial charge on any atom is 0.344 e. The summed E-state index contributed by atoms with van der Waals surface area (Å²) in [4.78, 5) is 12.7. The average Bonchev–Trinajstić information content (AvgIpc) is 2.58. The summed E-state index contributed by atoms with van der Waals surface area (Å²) in [5, 5.41) is 10.1. The Morgan fingerprint density at radius 1 is 1.24 bits per heavy atom. The molecule has 3 nitrogen and oxygen atoms in total. The third-order valence-electron chi connectivity index (χ3n) is 3.93. The molecule has 0 radical (unpaired) electrons. The van der Waals surface area contributed by atoms with E-state index in [0.29, 0.717) is 22.9 Å². The van der Waals surface area contributed by atoms with E-state index in [2.05, 4.69) is 32.0 Å². The Balaban J connectivity index is 1.99. The third-order valence-corrected chi connectivity index (χ3v) is 5.49. The molecule has 134 valence electrons. The minimum atomic E-state index is -0.949. The van der Waals surface area contributed by atoms with Gasteiger partial charge in [-0.2, -0.15) is 0 Å². The molecule has 0 fully saturated rings. The summed E-state index contributed by atoms with van der Waals surface area (Å²) in [7, 11) is 0. The van der Waals surface area contributed by atoms with Crippen molar-refractivity contribution in [1.82, 2.24) is 0 Å². The van der Waals surface area contributed by atoms with Crippen LogP contribution in [0.1, 0.15) is 30.0 Å². The van der Waals surface area contributed by atoms with Gasteiger partial charge in [0.25, 0.3) is 0 Å². The molecule has 0 bridgehead atoms. The second kappa shape index (κ2) is 9.16. The molecule has 25 heavy (non-hydrogen) atoms. The molecule has 2 aromatic rings. The zero-order valence-electron chi connectivity index (χ0n) is 14.7. The molecular weight excluding hydrogens is 356 g/mol. The van der Waals surface area contributed by atoms with Gasteiger partial charge in [-0.05, 0) is 55.7 Å².